The lowest BCUT2D eigenvalue weighted by Crippen LogP contribution is -2.21. The number of nitrogens with zero attached hydrogens (tertiary/aromatic N) is 4. The topological polar surface area (TPSA) is 116 Å². The normalized spacial score (nSPS) is 13.4. The van der Waals surface area contributed by atoms with Gasteiger partial charge in [-0.05, 0) is 36.4 Å². The van der Waals surface area contributed by atoms with Crippen molar-refractivity contribution in [1.82, 2.24) is 15.0 Å². The third-order valence-electron chi connectivity index (χ3n) is 4.84. The molecule has 0 aliphatic carbocycles. The number of benzene rings is 1. The molecule has 0 atom stereocenters. The zero-order valence-corrected chi connectivity index (χ0v) is 19.0. The van der Waals surface area contributed by atoms with Gasteiger partial charge in [0.1, 0.15) is 22.6 Å². The molecule has 15 heteroatoms. The fraction of sp³-hybridized carbons (Fsp3) is 0.136. The van der Waals surface area contributed by atoms with E-state index in [9.17, 15) is 31.1 Å². The first-order valence-corrected chi connectivity index (χ1v) is 10.3. The van der Waals surface area contributed by atoms with Crippen LogP contribution in [0.15, 0.2) is 62.5 Å². The van der Waals surface area contributed by atoms with Crippen LogP contribution in [0.5, 0.6) is 5.75 Å². The van der Waals surface area contributed by atoms with E-state index in [1.54, 1.807) is 0 Å². The number of nitrogens with two attached hydrogens (primary N) is 1. The molecule has 8 nitrogen and oxygen atoms in total. The number of allylic oxidation sites excluding steroid dienone is 2. The number of aromatic nitrogens is 3. The van der Waals surface area contributed by atoms with Gasteiger partial charge < -0.3 is 14.9 Å². The molecule has 4 aromatic rings. The van der Waals surface area contributed by atoms with Gasteiger partial charge in [0.05, 0.1) is 23.0 Å². The smallest absolute Gasteiger partial charge is 0.433 e. The maximum absolute atomic E-state index is 13.2. The van der Waals surface area contributed by atoms with Crippen molar-refractivity contribution in [1.29, 1.82) is 0 Å². The van der Waals surface area contributed by atoms with Crippen LogP contribution in [-0.4, -0.2) is 33.9 Å². The molecule has 192 valence electrons. The summed E-state index contributed by atoms with van der Waals surface area (Å²) in [7, 11) is 1.16. The minimum absolute atomic E-state index is 0.0442. The minimum atomic E-state index is -4.97. The highest BCUT2D eigenvalue weighted by Gasteiger charge is 2.34. The Hall–Kier alpha value is -4.20. The fourth-order valence-electron chi connectivity index (χ4n) is 3.18. The summed E-state index contributed by atoms with van der Waals surface area (Å²) >= 11 is 6.00. The largest absolute Gasteiger partial charge is 0.494 e. The van der Waals surface area contributed by atoms with Gasteiger partial charge in [-0.25, -0.2) is 24.7 Å². The van der Waals surface area contributed by atoms with Gasteiger partial charge in [-0.1, -0.05) is 11.6 Å². The van der Waals surface area contributed by atoms with Crippen LogP contribution in [0.4, 0.5) is 32.2 Å². The number of ether oxygens (including phenoxy) is 1. The molecular weight excluding hydrogens is 532 g/mol. The molecular formula is C22H12ClF6N5O3. The predicted octanol–water partition coefficient (Wildman–Crippen LogP) is 5.34. The van der Waals surface area contributed by atoms with Crippen LogP contribution in [0.1, 0.15) is 11.6 Å². The van der Waals surface area contributed by atoms with Crippen LogP contribution in [0.2, 0.25) is 5.02 Å². The molecule has 0 unspecified atom stereocenters. The van der Waals surface area contributed by atoms with E-state index in [1.807, 2.05) is 0 Å². The van der Waals surface area contributed by atoms with Crippen LogP contribution < -0.4 is 16.1 Å². The van der Waals surface area contributed by atoms with Gasteiger partial charge in [0.2, 0.25) is 5.89 Å². The van der Waals surface area contributed by atoms with Crippen molar-refractivity contribution < 1.29 is 35.5 Å². The summed E-state index contributed by atoms with van der Waals surface area (Å²) in [5, 5.41) is -0.344. The van der Waals surface area contributed by atoms with Gasteiger partial charge in [0.25, 0.3) is 0 Å². The van der Waals surface area contributed by atoms with E-state index >= 15 is 0 Å². The van der Waals surface area contributed by atoms with Crippen molar-refractivity contribution in [2.45, 2.75) is 12.4 Å². The second-order valence-corrected chi connectivity index (χ2v) is 7.68. The first-order valence-electron chi connectivity index (χ1n) is 9.93. The number of rotatable bonds is 4. The number of hydrogen-bond acceptors (Lipinski definition) is 8. The molecule has 0 fully saturated rings. The number of halogens is 7. The Kier molecular flexibility index (Phi) is 6.54. The van der Waals surface area contributed by atoms with Gasteiger partial charge in [-0.3, -0.25) is 0 Å². The molecule has 0 radical (unpaired) electrons. The number of hydrogen-bond donors (Lipinski definition) is 1. The van der Waals surface area contributed by atoms with Crippen LogP contribution in [0, 0.1) is 0 Å². The summed E-state index contributed by atoms with van der Waals surface area (Å²) in [6.07, 6.45) is -8.10. The highest BCUT2D eigenvalue weighted by atomic mass is 35.5. The number of aliphatic imine (C=N–C) groups is 1. The second kappa shape index (κ2) is 9.35. The van der Waals surface area contributed by atoms with Crippen LogP contribution in [-0.2, 0) is 6.18 Å². The minimum Gasteiger partial charge on any atom is -0.494 e. The molecule has 3 aromatic heterocycles. The summed E-state index contributed by atoms with van der Waals surface area (Å²) in [4.78, 5) is 28.2. The SMILES string of the molecule is COc1c2ccc(C(F)(F)F)nc2cc2c(=O)oc(C(C=C(N)C(F)(F)F)=Nc3ncccc3Cl)nc12. The molecule has 2 N–H and O–H groups in total. The van der Waals surface area contributed by atoms with Crippen molar-refractivity contribution in [3.63, 3.8) is 0 Å². The standard InChI is InChI=1S/C22H12ClF6N5O3/c1-36-17-9-4-5-15(22(27,28)29)32-12(9)7-10-16(17)34-19(37-20(10)35)13(8-14(30)21(24,25)26)33-18-11(23)3-2-6-31-18/h2-8H,30H2,1H3. The molecule has 0 aliphatic heterocycles. The zero-order chi connectivity index (χ0) is 27.1. The number of fused-ring (bicyclic) bond motifs is 2. The Morgan fingerprint density at radius 3 is 2.49 bits per heavy atom. The molecule has 0 saturated carbocycles. The van der Waals surface area contributed by atoms with E-state index in [0.717, 1.165) is 19.2 Å². The van der Waals surface area contributed by atoms with Gasteiger partial charge in [-0.15, -0.1) is 0 Å². The maximum atomic E-state index is 13.2. The zero-order valence-electron chi connectivity index (χ0n) is 18.3. The Morgan fingerprint density at radius 1 is 1.14 bits per heavy atom. The van der Waals surface area contributed by atoms with E-state index < -0.39 is 41.0 Å². The van der Waals surface area contributed by atoms with E-state index in [1.165, 1.54) is 18.3 Å². The monoisotopic (exact) mass is 543 g/mol. The molecule has 0 bridgehead atoms. The molecule has 4 rings (SSSR count). The summed E-state index contributed by atoms with van der Waals surface area (Å²) in [5.74, 6) is -1.13. The average Bonchev–Trinajstić information content (AvgIpc) is 2.82. The first-order chi connectivity index (χ1) is 17.3. The molecule has 3 heterocycles. The average molecular weight is 544 g/mol. The number of pyridine rings is 2. The summed E-state index contributed by atoms with van der Waals surface area (Å²) < 4.78 is 89.2. The lowest BCUT2D eigenvalue weighted by Gasteiger charge is -2.12. The Labute approximate surface area is 207 Å². The molecule has 37 heavy (non-hydrogen) atoms. The first kappa shape index (κ1) is 25.9. The van der Waals surface area contributed by atoms with Gasteiger partial charge >= 0.3 is 18.0 Å². The molecule has 0 amide bonds. The predicted molar refractivity (Wildman–Crippen MR) is 121 cm³/mol. The maximum Gasteiger partial charge on any atom is 0.433 e. The Morgan fingerprint density at radius 2 is 1.86 bits per heavy atom. The van der Waals surface area contributed by atoms with Crippen LogP contribution in [0.25, 0.3) is 21.8 Å². The highest BCUT2D eigenvalue weighted by molar-refractivity contribution is 6.32. The van der Waals surface area contributed by atoms with Crippen molar-refractivity contribution in [3.8, 4) is 5.75 Å². The Bertz CT molecular complexity index is 1650. The van der Waals surface area contributed by atoms with Crippen LogP contribution in [0.3, 0.4) is 0 Å². The Balaban J connectivity index is 2.03. The van der Waals surface area contributed by atoms with Crippen LogP contribution >= 0.6 is 11.6 Å². The summed E-state index contributed by atoms with van der Waals surface area (Å²) in [6.45, 7) is 0. The third kappa shape index (κ3) is 5.18. The molecule has 0 spiro atoms. The molecule has 0 saturated heterocycles. The lowest BCUT2D eigenvalue weighted by molar-refractivity contribution is -0.140. The number of alkyl halides is 6. The highest BCUT2D eigenvalue weighted by Crippen LogP contribution is 2.35. The van der Waals surface area contributed by atoms with E-state index in [-0.39, 0.29) is 38.4 Å². The third-order valence-corrected chi connectivity index (χ3v) is 5.14. The van der Waals surface area contributed by atoms with Gasteiger partial charge in [0, 0.05) is 11.6 Å². The summed E-state index contributed by atoms with van der Waals surface area (Å²) in [5.41, 5.74) is 0.00199. The quantitative estimate of drug-likeness (QED) is 0.210. The molecule has 0 aliphatic rings. The summed E-state index contributed by atoms with van der Waals surface area (Å²) in [6, 6.07) is 5.57. The van der Waals surface area contributed by atoms with Crippen molar-refractivity contribution in [2.75, 3.05) is 7.11 Å². The van der Waals surface area contributed by atoms with Crippen molar-refractivity contribution in [2.24, 2.45) is 10.7 Å². The van der Waals surface area contributed by atoms with E-state index in [4.69, 9.17) is 26.5 Å². The van der Waals surface area contributed by atoms with Crippen molar-refractivity contribution in [3.05, 3.63) is 75.3 Å². The number of methoxy groups -OCH3 is 1. The van der Waals surface area contributed by atoms with Crippen molar-refractivity contribution >= 4 is 44.9 Å². The lowest BCUT2D eigenvalue weighted by atomic mass is 10.1. The molecule has 1 aromatic carbocycles. The fourth-order valence-corrected chi connectivity index (χ4v) is 3.35. The van der Waals surface area contributed by atoms with E-state index in [0.29, 0.717) is 12.1 Å². The van der Waals surface area contributed by atoms with Gasteiger partial charge in [0.15, 0.2) is 11.6 Å². The van der Waals surface area contributed by atoms with Gasteiger partial charge in [-0.2, -0.15) is 26.3 Å². The second-order valence-electron chi connectivity index (χ2n) is 7.28. The van der Waals surface area contributed by atoms with E-state index in [2.05, 4.69) is 19.9 Å².